The monoisotopic (exact) mass is 222 g/mol. The molecular weight excluding hydrogens is 200 g/mol. The molecule has 16 heavy (non-hydrogen) atoms. The first kappa shape index (κ1) is 12.8. The lowest BCUT2D eigenvalue weighted by molar-refractivity contribution is 0.302. The van der Waals surface area contributed by atoms with Crippen LogP contribution in [0.2, 0.25) is 0 Å². The lowest BCUT2D eigenvalue weighted by Crippen LogP contribution is -2.26. The van der Waals surface area contributed by atoms with E-state index in [-0.39, 0.29) is 6.61 Å². The van der Waals surface area contributed by atoms with Crippen molar-refractivity contribution < 1.29 is 5.11 Å². The summed E-state index contributed by atoms with van der Waals surface area (Å²) >= 11 is 0. The Hall–Kier alpha value is -1.22. The average molecular weight is 222 g/mol. The maximum Gasteiger partial charge on any atom is 0.0606 e. The Morgan fingerprint density at radius 2 is 1.88 bits per heavy atom. The van der Waals surface area contributed by atoms with Gasteiger partial charge in [0.1, 0.15) is 0 Å². The summed E-state index contributed by atoms with van der Waals surface area (Å²) in [6.45, 7) is 8.14. The predicted molar refractivity (Wildman–Crippen MR) is 70.2 cm³/mol. The van der Waals surface area contributed by atoms with Crippen molar-refractivity contribution in [2.45, 2.75) is 26.8 Å². The van der Waals surface area contributed by atoms with Crippen molar-refractivity contribution >= 4 is 11.4 Å². The Morgan fingerprint density at radius 3 is 2.31 bits per heavy atom. The zero-order valence-corrected chi connectivity index (χ0v) is 10.4. The summed E-state index contributed by atoms with van der Waals surface area (Å²) < 4.78 is 0. The van der Waals surface area contributed by atoms with Crippen molar-refractivity contribution in [3.8, 4) is 0 Å². The van der Waals surface area contributed by atoms with E-state index in [2.05, 4.69) is 55.3 Å². The number of nitrogens with zero attached hydrogens (tertiary/aromatic N) is 1. The van der Waals surface area contributed by atoms with Gasteiger partial charge in [-0.2, -0.15) is 0 Å². The van der Waals surface area contributed by atoms with E-state index in [0.29, 0.717) is 12.6 Å². The normalized spacial score (nSPS) is 10.6. The number of aliphatic hydroxyl groups excluding tert-OH is 1. The number of hydrogen-bond acceptors (Lipinski definition) is 3. The summed E-state index contributed by atoms with van der Waals surface area (Å²) in [6.07, 6.45) is 0. The van der Waals surface area contributed by atoms with Crippen LogP contribution in [0.25, 0.3) is 0 Å². The second-order valence-electron chi connectivity index (χ2n) is 4.15. The largest absolute Gasteiger partial charge is 0.395 e. The summed E-state index contributed by atoms with van der Waals surface area (Å²) in [4.78, 5) is 2.15. The zero-order valence-electron chi connectivity index (χ0n) is 10.4. The van der Waals surface area contributed by atoms with Crippen LogP contribution in [0.3, 0.4) is 0 Å². The summed E-state index contributed by atoms with van der Waals surface area (Å²) in [5.41, 5.74) is 2.30. The number of benzene rings is 1. The average Bonchev–Trinajstić information content (AvgIpc) is 2.26. The minimum absolute atomic E-state index is 0.194. The highest BCUT2D eigenvalue weighted by molar-refractivity contribution is 5.55. The Balaban J connectivity index is 2.69. The van der Waals surface area contributed by atoms with Crippen LogP contribution in [0.1, 0.15) is 20.8 Å². The van der Waals surface area contributed by atoms with E-state index < -0.39 is 0 Å². The van der Waals surface area contributed by atoms with E-state index >= 15 is 0 Å². The highest BCUT2D eigenvalue weighted by atomic mass is 16.3. The van der Waals surface area contributed by atoms with Crippen LogP contribution >= 0.6 is 0 Å². The molecule has 0 unspecified atom stereocenters. The van der Waals surface area contributed by atoms with Crippen molar-refractivity contribution in [2.24, 2.45) is 0 Å². The van der Waals surface area contributed by atoms with Gasteiger partial charge in [-0.3, -0.25) is 0 Å². The van der Waals surface area contributed by atoms with Crippen LogP contribution in [0.5, 0.6) is 0 Å². The minimum Gasteiger partial charge on any atom is -0.395 e. The molecule has 0 aliphatic heterocycles. The molecule has 0 heterocycles. The molecule has 0 spiro atoms. The van der Waals surface area contributed by atoms with Gasteiger partial charge < -0.3 is 15.3 Å². The molecule has 0 bridgehead atoms. The van der Waals surface area contributed by atoms with Crippen LogP contribution in [0.15, 0.2) is 24.3 Å². The summed E-state index contributed by atoms with van der Waals surface area (Å²) in [5, 5.41) is 12.3. The van der Waals surface area contributed by atoms with Gasteiger partial charge >= 0.3 is 0 Å². The van der Waals surface area contributed by atoms with Crippen LogP contribution in [-0.2, 0) is 0 Å². The van der Waals surface area contributed by atoms with Crippen LogP contribution in [-0.4, -0.2) is 30.8 Å². The van der Waals surface area contributed by atoms with E-state index in [4.69, 9.17) is 5.11 Å². The third-order valence-corrected chi connectivity index (χ3v) is 2.44. The summed E-state index contributed by atoms with van der Waals surface area (Å²) in [6, 6.07) is 8.78. The third-order valence-electron chi connectivity index (χ3n) is 2.44. The maximum atomic E-state index is 8.95. The van der Waals surface area contributed by atoms with E-state index in [1.165, 1.54) is 0 Å². The SMILES string of the molecule is CCN(CCO)c1ccc(NC(C)C)cc1. The molecule has 2 N–H and O–H groups in total. The Morgan fingerprint density at radius 1 is 1.25 bits per heavy atom. The highest BCUT2D eigenvalue weighted by Crippen LogP contribution is 2.18. The van der Waals surface area contributed by atoms with E-state index in [9.17, 15) is 0 Å². The molecule has 3 heteroatoms. The number of aliphatic hydroxyl groups is 1. The fourth-order valence-corrected chi connectivity index (χ4v) is 1.69. The molecule has 1 aromatic carbocycles. The van der Waals surface area contributed by atoms with Crippen molar-refractivity contribution in [2.75, 3.05) is 29.9 Å². The van der Waals surface area contributed by atoms with Crippen LogP contribution in [0, 0.1) is 0 Å². The fourth-order valence-electron chi connectivity index (χ4n) is 1.69. The lowest BCUT2D eigenvalue weighted by Gasteiger charge is -2.22. The van der Waals surface area contributed by atoms with Crippen LogP contribution < -0.4 is 10.2 Å². The van der Waals surface area contributed by atoms with Gasteiger partial charge in [0.25, 0.3) is 0 Å². The smallest absolute Gasteiger partial charge is 0.0606 e. The van der Waals surface area contributed by atoms with Gasteiger partial charge in [-0.15, -0.1) is 0 Å². The first-order valence-corrected chi connectivity index (χ1v) is 5.89. The second-order valence-corrected chi connectivity index (χ2v) is 4.15. The molecule has 0 aliphatic rings. The molecule has 0 aromatic heterocycles. The standard InChI is InChI=1S/C13H22N2O/c1-4-15(9-10-16)13-7-5-12(6-8-13)14-11(2)3/h5-8,11,14,16H,4,9-10H2,1-3H3. The Bertz CT molecular complexity index is 295. The predicted octanol–water partition coefficient (Wildman–Crippen LogP) is 2.33. The lowest BCUT2D eigenvalue weighted by atomic mass is 10.2. The molecule has 0 aliphatic carbocycles. The fraction of sp³-hybridized carbons (Fsp3) is 0.538. The molecule has 3 nitrogen and oxygen atoms in total. The van der Waals surface area contributed by atoms with Crippen LogP contribution in [0.4, 0.5) is 11.4 Å². The molecule has 0 atom stereocenters. The van der Waals surface area contributed by atoms with E-state index in [1.54, 1.807) is 0 Å². The first-order valence-electron chi connectivity index (χ1n) is 5.89. The van der Waals surface area contributed by atoms with Gasteiger partial charge in [-0.05, 0) is 45.0 Å². The topological polar surface area (TPSA) is 35.5 Å². The second kappa shape index (κ2) is 6.38. The molecule has 0 amide bonds. The van der Waals surface area contributed by atoms with Crippen molar-refractivity contribution in [1.82, 2.24) is 0 Å². The third kappa shape index (κ3) is 3.74. The number of hydrogen-bond donors (Lipinski definition) is 2. The molecule has 1 aromatic rings. The Kier molecular flexibility index (Phi) is 5.12. The van der Waals surface area contributed by atoms with Gasteiger partial charge in [0.05, 0.1) is 6.61 Å². The molecular formula is C13H22N2O. The van der Waals surface area contributed by atoms with Gasteiger partial charge in [-0.25, -0.2) is 0 Å². The highest BCUT2D eigenvalue weighted by Gasteiger charge is 2.03. The van der Waals surface area contributed by atoms with Gasteiger partial charge in [0.15, 0.2) is 0 Å². The molecule has 0 saturated heterocycles. The van der Waals surface area contributed by atoms with Gasteiger partial charge in [-0.1, -0.05) is 0 Å². The quantitative estimate of drug-likeness (QED) is 0.775. The minimum atomic E-state index is 0.194. The molecule has 1 rings (SSSR count). The molecule has 90 valence electrons. The van der Waals surface area contributed by atoms with Gasteiger partial charge in [0.2, 0.25) is 0 Å². The van der Waals surface area contributed by atoms with Crippen molar-refractivity contribution in [3.63, 3.8) is 0 Å². The van der Waals surface area contributed by atoms with E-state index in [1.807, 2.05) is 0 Å². The zero-order chi connectivity index (χ0) is 12.0. The molecule has 0 radical (unpaired) electrons. The summed E-state index contributed by atoms with van der Waals surface area (Å²) in [7, 11) is 0. The first-order chi connectivity index (χ1) is 7.67. The molecule has 0 saturated carbocycles. The molecule has 0 fully saturated rings. The van der Waals surface area contributed by atoms with Crippen molar-refractivity contribution in [1.29, 1.82) is 0 Å². The Labute approximate surface area is 98.1 Å². The number of anilines is 2. The number of likely N-dealkylation sites (N-methyl/N-ethyl adjacent to an activating group) is 1. The number of rotatable bonds is 6. The van der Waals surface area contributed by atoms with Gasteiger partial charge in [0, 0.05) is 30.5 Å². The maximum absolute atomic E-state index is 8.95. The summed E-state index contributed by atoms with van der Waals surface area (Å²) in [5.74, 6) is 0. The van der Waals surface area contributed by atoms with E-state index in [0.717, 1.165) is 17.9 Å². The van der Waals surface area contributed by atoms with Crippen molar-refractivity contribution in [3.05, 3.63) is 24.3 Å². The number of nitrogens with one attached hydrogen (secondary N) is 1.